The van der Waals surface area contributed by atoms with Crippen LogP contribution >= 0.6 is 38.9 Å². The molecule has 0 saturated carbocycles. The molecule has 0 radical (unpaired) electrons. The molecule has 1 saturated heterocycles. The Kier molecular flexibility index (Phi) is 6.51. The predicted molar refractivity (Wildman–Crippen MR) is 122 cm³/mol. The van der Waals surface area contributed by atoms with Crippen molar-refractivity contribution in [1.82, 2.24) is 9.88 Å². The molecule has 0 spiro atoms. The van der Waals surface area contributed by atoms with Gasteiger partial charge in [0.25, 0.3) is 5.91 Å². The van der Waals surface area contributed by atoms with Gasteiger partial charge in [0.2, 0.25) is 0 Å². The Hall–Kier alpha value is -1.51. The fourth-order valence-electron chi connectivity index (χ4n) is 3.30. The largest absolute Gasteiger partial charge is 0.379 e. The minimum Gasteiger partial charge on any atom is -0.379 e. The molecule has 4 rings (SSSR count). The van der Waals surface area contributed by atoms with Crippen LogP contribution in [0.3, 0.4) is 0 Å². The van der Waals surface area contributed by atoms with E-state index < -0.39 is 0 Å². The number of thiazole rings is 1. The number of morpholine rings is 1. The average molecular weight is 495 g/mol. The van der Waals surface area contributed by atoms with E-state index in [1.807, 2.05) is 43.3 Å². The van der Waals surface area contributed by atoms with Crippen LogP contribution in [0.1, 0.15) is 15.9 Å². The third kappa shape index (κ3) is 4.64. The smallest absolute Gasteiger partial charge is 0.260 e. The fourth-order valence-corrected chi connectivity index (χ4v) is 4.77. The fraction of sp³-hybridized carbons (Fsp3) is 0.333. The molecule has 0 N–H and O–H groups in total. The van der Waals surface area contributed by atoms with E-state index in [-0.39, 0.29) is 5.91 Å². The molecule has 0 atom stereocenters. The van der Waals surface area contributed by atoms with E-state index in [4.69, 9.17) is 21.3 Å². The monoisotopic (exact) mass is 493 g/mol. The second-order valence-electron chi connectivity index (χ2n) is 6.93. The lowest BCUT2D eigenvalue weighted by Crippen LogP contribution is -2.43. The number of benzene rings is 2. The number of amides is 1. The molecule has 2 aromatic carbocycles. The third-order valence-corrected chi connectivity index (χ3v) is 7.03. The molecule has 1 aliphatic rings. The van der Waals surface area contributed by atoms with E-state index >= 15 is 0 Å². The van der Waals surface area contributed by atoms with Crippen LogP contribution in [-0.4, -0.2) is 55.2 Å². The van der Waals surface area contributed by atoms with E-state index in [1.165, 1.54) is 11.3 Å². The van der Waals surface area contributed by atoms with Gasteiger partial charge in [-0.1, -0.05) is 38.9 Å². The van der Waals surface area contributed by atoms with E-state index in [0.29, 0.717) is 22.3 Å². The number of halogens is 2. The lowest BCUT2D eigenvalue weighted by atomic mass is 10.2. The number of nitrogens with zero attached hydrogens (tertiary/aromatic N) is 3. The van der Waals surface area contributed by atoms with Gasteiger partial charge >= 0.3 is 0 Å². The molecule has 1 aromatic heterocycles. The Labute approximate surface area is 187 Å². The molecule has 1 amide bonds. The van der Waals surface area contributed by atoms with Crippen LogP contribution in [0.2, 0.25) is 5.02 Å². The average Bonchev–Trinajstić information content (AvgIpc) is 3.17. The van der Waals surface area contributed by atoms with Crippen molar-refractivity contribution in [3.63, 3.8) is 0 Å². The topological polar surface area (TPSA) is 45.7 Å². The Morgan fingerprint density at radius 1 is 1.24 bits per heavy atom. The number of carbonyl (C=O) groups excluding carboxylic acids is 1. The Morgan fingerprint density at radius 2 is 1.97 bits per heavy atom. The van der Waals surface area contributed by atoms with Crippen molar-refractivity contribution in [2.24, 2.45) is 0 Å². The highest BCUT2D eigenvalue weighted by Gasteiger charge is 2.23. The zero-order chi connectivity index (χ0) is 20.4. The first-order chi connectivity index (χ1) is 14.0. The lowest BCUT2D eigenvalue weighted by molar-refractivity contribution is 0.0391. The van der Waals surface area contributed by atoms with Crippen molar-refractivity contribution < 1.29 is 9.53 Å². The minimum absolute atomic E-state index is 0.0476. The number of hydrogen-bond acceptors (Lipinski definition) is 5. The van der Waals surface area contributed by atoms with E-state index in [2.05, 4.69) is 20.8 Å². The Bertz CT molecular complexity index is 1020. The molecule has 1 fully saturated rings. The number of aryl methyl sites for hydroxylation is 1. The van der Waals surface area contributed by atoms with Crippen molar-refractivity contribution in [2.75, 3.05) is 44.3 Å². The number of anilines is 1. The first-order valence-electron chi connectivity index (χ1n) is 9.46. The summed E-state index contributed by atoms with van der Waals surface area (Å²) >= 11 is 11.2. The van der Waals surface area contributed by atoms with Crippen molar-refractivity contribution in [3.05, 3.63) is 57.0 Å². The summed E-state index contributed by atoms with van der Waals surface area (Å²) in [5, 5.41) is 1.39. The number of ether oxygens (including phenoxy) is 1. The normalized spacial score (nSPS) is 15.0. The maximum atomic E-state index is 13.4. The highest BCUT2D eigenvalue weighted by molar-refractivity contribution is 9.10. The van der Waals surface area contributed by atoms with Crippen LogP contribution in [0.4, 0.5) is 5.13 Å². The number of aromatic nitrogens is 1. The second-order valence-corrected chi connectivity index (χ2v) is 9.27. The van der Waals surface area contributed by atoms with Crippen LogP contribution in [0, 0.1) is 6.92 Å². The number of rotatable bonds is 5. The van der Waals surface area contributed by atoms with Gasteiger partial charge in [0.05, 0.1) is 23.4 Å². The predicted octanol–water partition coefficient (Wildman–Crippen LogP) is 5.00. The van der Waals surface area contributed by atoms with Gasteiger partial charge in [-0.2, -0.15) is 0 Å². The molecule has 1 aliphatic heterocycles. The maximum absolute atomic E-state index is 13.4. The Morgan fingerprint density at radius 3 is 2.69 bits per heavy atom. The molecule has 29 heavy (non-hydrogen) atoms. The number of fused-ring (bicyclic) bond motifs is 1. The summed E-state index contributed by atoms with van der Waals surface area (Å²) in [5.74, 6) is -0.0476. The van der Waals surface area contributed by atoms with Gasteiger partial charge < -0.3 is 4.74 Å². The SMILES string of the molecule is Cc1c(Cl)ccc2sc(N(CCN3CCOCC3)C(=O)c3ccc(Br)cc3)nc12. The molecule has 3 aromatic rings. The molecule has 5 nitrogen and oxygen atoms in total. The summed E-state index contributed by atoms with van der Waals surface area (Å²) in [7, 11) is 0. The molecule has 8 heteroatoms. The summed E-state index contributed by atoms with van der Waals surface area (Å²) in [6.45, 7) is 6.55. The highest BCUT2D eigenvalue weighted by atomic mass is 79.9. The maximum Gasteiger partial charge on any atom is 0.260 e. The Balaban J connectivity index is 1.66. The molecular weight excluding hydrogens is 474 g/mol. The van der Waals surface area contributed by atoms with E-state index in [0.717, 1.165) is 53.1 Å². The third-order valence-electron chi connectivity index (χ3n) is 5.05. The highest BCUT2D eigenvalue weighted by Crippen LogP contribution is 2.34. The summed E-state index contributed by atoms with van der Waals surface area (Å²) in [4.78, 5) is 22.3. The molecule has 0 bridgehead atoms. The first-order valence-corrected chi connectivity index (χ1v) is 11.4. The van der Waals surface area contributed by atoms with Gasteiger partial charge in [-0.15, -0.1) is 0 Å². The first kappa shape index (κ1) is 20.8. The minimum atomic E-state index is -0.0476. The summed E-state index contributed by atoms with van der Waals surface area (Å²) in [6, 6.07) is 11.3. The molecule has 2 heterocycles. The van der Waals surface area contributed by atoms with E-state index in [9.17, 15) is 4.79 Å². The van der Waals surface area contributed by atoms with Gasteiger partial charge in [-0.3, -0.25) is 14.6 Å². The van der Waals surface area contributed by atoms with Crippen molar-refractivity contribution in [2.45, 2.75) is 6.92 Å². The molecular formula is C21H21BrClN3O2S. The summed E-state index contributed by atoms with van der Waals surface area (Å²) in [5.41, 5.74) is 2.44. The molecule has 0 aliphatic carbocycles. The van der Waals surface area contributed by atoms with Crippen molar-refractivity contribution >= 4 is 60.1 Å². The van der Waals surface area contributed by atoms with Crippen molar-refractivity contribution in [1.29, 1.82) is 0 Å². The second kappa shape index (κ2) is 9.10. The van der Waals surface area contributed by atoms with Crippen molar-refractivity contribution in [3.8, 4) is 0 Å². The molecule has 0 unspecified atom stereocenters. The number of carbonyl (C=O) groups is 1. The standard InChI is InChI=1S/C21H21BrClN3O2S/c1-14-17(23)6-7-18-19(14)24-21(29-18)26(9-8-25-10-12-28-13-11-25)20(27)15-2-4-16(22)5-3-15/h2-7H,8-13H2,1H3. The van der Waals surface area contributed by atoms with Crippen LogP contribution < -0.4 is 4.90 Å². The van der Waals surface area contributed by atoms with Gasteiger partial charge in [0, 0.05) is 41.2 Å². The van der Waals surface area contributed by atoms with E-state index in [1.54, 1.807) is 4.90 Å². The quantitative estimate of drug-likeness (QED) is 0.501. The number of hydrogen-bond donors (Lipinski definition) is 0. The lowest BCUT2D eigenvalue weighted by Gasteiger charge is -2.29. The van der Waals surface area contributed by atoms with Gasteiger partial charge in [0.1, 0.15) is 0 Å². The summed E-state index contributed by atoms with van der Waals surface area (Å²) in [6.07, 6.45) is 0. The summed E-state index contributed by atoms with van der Waals surface area (Å²) < 4.78 is 7.41. The van der Waals surface area contributed by atoms with Crippen LogP contribution in [0.5, 0.6) is 0 Å². The van der Waals surface area contributed by atoms with Gasteiger partial charge in [0.15, 0.2) is 5.13 Å². The van der Waals surface area contributed by atoms with Crippen LogP contribution in [-0.2, 0) is 4.74 Å². The van der Waals surface area contributed by atoms with Gasteiger partial charge in [-0.25, -0.2) is 4.98 Å². The molecule has 152 valence electrons. The zero-order valence-corrected chi connectivity index (χ0v) is 19.2. The van der Waals surface area contributed by atoms with Gasteiger partial charge in [-0.05, 0) is 48.9 Å². The zero-order valence-electron chi connectivity index (χ0n) is 16.0. The van der Waals surface area contributed by atoms with Crippen LogP contribution in [0.15, 0.2) is 40.9 Å². The van der Waals surface area contributed by atoms with Crippen LogP contribution in [0.25, 0.3) is 10.2 Å².